The van der Waals surface area contributed by atoms with Gasteiger partial charge >= 0.3 is 5.69 Å². The van der Waals surface area contributed by atoms with Crippen LogP contribution in [0.25, 0.3) is 0 Å². The minimum Gasteiger partial charge on any atom is -0.348 e. The maximum Gasteiger partial charge on any atom is 0.330 e. The monoisotopic (exact) mass is 253 g/mol. The Labute approximate surface area is 106 Å². The predicted molar refractivity (Wildman–Crippen MR) is 68.8 cm³/mol. The van der Waals surface area contributed by atoms with E-state index in [9.17, 15) is 10.1 Å². The number of nitro groups is 1. The number of aryl methyl sites for hydroxylation is 1. The molecule has 1 aromatic rings. The van der Waals surface area contributed by atoms with Crippen molar-refractivity contribution in [2.75, 3.05) is 24.5 Å². The van der Waals surface area contributed by atoms with Gasteiger partial charge in [-0.15, -0.1) is 5.10 Å². The molecule has 2 heterocycles. The van der Waals surface area contributed by atoms with Crippen LogP contribution in [-0.2, 0) is 7.05 Å². The Morgan fingerprint density at radius 2 is 2.50 bits per heavy atom. The first-order valence-electron chi connectivity index (χ1n) is 6.28. The van der Waals surface area contributed by atoms with Crippen LogP contribution in [0.3, 0.4) is 0 Å². The summed E-state index contributed by atoms with van der Waals surface area (Å²) in [5.74, 6) is 0.471. The van der Waals surface area contributed by atoms with Crippen LogP contribution in [0, 0.1) is 10.1 Å². The van der Waals surface area contributed by atoms with Gasteiger partial charge in [-0.25, -0.2) is 0 Å². The van der Waals surface area contributed by atoms with E-state index in [0.717, 1.165) is 26.1 Å². The van der Waals surface area contributed by atoms with Crippen LogP contribution < -0.4 is 10.2 Å². The fourth-order valence-corrected chi connectivity index (χ4v) is 2.36. The largest absolute Gasteiger partial charge is 0.348 e. The van der Waals surface area contributed by atoms with Crippen LogP contribution >= 0.6 is 0 Å². The van der Waals surface area contributed by atoms with Gasteiger partial charge in [0.05, 0.1) is 4.92 Å². The third kappa shape index (κ3) is 2.61. The van der Waals surface area contributed by atoms with Crippen LogP contribution in [0.5, 0.6) is 0 Å². The van der Waals surface area contributed by atoms with Crippen molar-refractivity contribution in [3.05, 3.63) is 16.3 Å². The van der Waals surface area contributed by atoms with E-state index in [2.05, 4.69) is 10.4 Å². The fourth-order valence-electron chi connectivity index (χ4n) is 2.36. The van der Waals surface area contributed by atoms with Crippen molar-refractivity contribution < 1.29 is 4.92 Å². The lowest BCUT2D eigenvalue weighted by molar-refractivity contribution is -0.384. The van der Waals surface area contributed by atoms with Crippen LogP contribution in [0.2, 0.25) is 0 Å². The summed E-state index contributed by atoms with van der Waals surface area (Å²) in [4.78, 5) is 12.6. The number of anilines is 1. The summed E-state index contributed by atoms with van der Waals surface area (Å²) < 4.78 is 1.50. The van der Waals surface area contributed by atoms with Crippen molar-refractivity contribution in [1.29, 1.82) is 0 Å². The summed E-state index contributed by atoms with van der Waals surface area (Å²) in [6, 6.07) is 0.409. The highest BCUT2D eigenvalue weighted by Gasteiger charge is 2.26. The van der Waals surface area contributed by atoms with E-state index in [1.807, 2.05) is 11.8 Å². The normalized spacial score (nSPS) is 19.1. The van der Waals surface area contributed by atoms with E-state index >= 15 is 0 Å². The summed E-state index contributed by atoms with van der Waals surface area (Å²) in [6.07, 6.45) is 3.75. The number of nitrogens with zero attached hydrogens (tertiary/aromatic N) is 4. The molecule has 18 heavy (non-hydrogen) atoms. The molecule has 7 heteroatoms. The van der Waals surface area contributed by atoms with Crippen molar-refractivity contribution >= 4 is 11.5 Å². The molecule has 0 amide bonds. The summed E-state index contributed by atoms with van der Waals surface area (Å²) >= 11 is 0. The van der Waals surface area contributed by atoms with Crippen molar-refractivity contribution in [2.24, 2.45) is 7.05 Å². The maximum atomic E-state index is 11.0. The molecule has 1 atom stereocenters. The smallest absolute Gasteiger partial charge is 0.330 e. The van der Waals surface area contributed by atoms with Crippen LogP contribution in [-0.4, -0.2) is 40.4 Å². The second kappa shape index (κ2) is 5.34. The molecule has 0 bridgehead atoms. The van der Waals surface area contributed by atoms with Crippen molar-refractivity contribution in [3.63, 3.8) is 0 Å². The topological polar surface area (TPSA) is 76.2 Å². The number of nitrogens with one attached hydrogen (secondary N) is 1. The Kier molecular flexibility index (Phi) is 3.81. The number of hydrogen-bond acceptors (Lipinski definition) is 5. The van der Waals surface area contributed by atoms with Crippen molar-refractivity contribution in [3.8, 4) is 0 Å². The highest BCUT2D eigenvalue weighted by Crippen LogP contribution is 2.26. The van der Waals surface area contributed by atoms with Gasteiger partial charge in [0, 0.05) is 26.2 Å². The van der Waals surface area contributed by atoms with Gasteiger partial charge in [0.15, 0.2) is 0 Å². The van der Waals surface area contributed by atoms with E-state index in [4.69, 9.17) is 0 Å². The zero-order valence-electron chi connectivity index (χ0n) is 10.8. The first-order valence-corrected chi connectivity index (χ1v) is 6.28. The fraction of sp³-hybridized carbons (Fsp3) is 0.727. The summed E-state index contributed by atoms with van der Waals surface area (Å²) in [7, 11) is 1.71. The number of hydrogen-bond donors (Lipinski definition) is 1. The molecule has 1 N–H and O–H groups in total. The molecule has 0 spiro atoms. The molecule has 0 radical (unpaired) electrons. The van der Waals surface area contributed by atoms with Gasteiger partial charge in [0.2, 0.25) is 5.82 Å². The molecule has 100 valence electrons. The van der Waals surface area contributed by atoms with Crippen molar-refractivity contribution in [1.82, 2.24) is 15.1 Å². The standard InChI is InChI=1S/C11H19N5O2/c1-3-15(7-9-5-4-6-12-9)11-10(16(17)18)8-14(2)13-11/h8-9,12H,3-7H2,1-2H3. The highest BCUT2D eigenvalue weighted by molar-refractivity contribution is 5.56. The second-order valence-corrected chi connectivity index (χ2v) is 4.60. The molecule has 0 saturated carbocycles. The molecule has 1 fully saturated rings. The molecule has 0 aliphatic carbocycles. The Hall–Kier alpha value is -1.63. The summed E-state index contributed by atoms with van der Waals surface area (Å²) in [5.41, 5.74) is 0.0809. The SMILES string of the molecule is CCN(CC1CCCN1)c1nn(C)cc1[N+](=O)[O-]. The van der Waals surface area contributed by atoms with Crippen LogP contribution in [0.4, 0.5) is 11.5 Å². The van der Waals surface area contributed by atoms with Gasteiger partial charge in [0.25, 0.3) is 0 Å². The Bertz CT molecular complexity index is 425. The number of rotatable bonds is 5. The molecule has 2 rings (SSSR count). The predicted octanol–water partition coefficient (Wildman–Crippen LogP) is 0.907. The van der Waals surface area contributed by atoms with E-state index in [1.54, 1.807) is 7.05 Å². The molecule has 1 unspecified atom stereocenters. The zero-order valence-corrected chi connectivity index (χ0v) is 10.8. The minimum atomic E-state index is -0.368. The van der Waals surface area contributed by atoms with E-state index in [1.165, 1.54) is 17.3 Å². The zero-order chi connectivity index (χ0) is 13.1. The van der Waals surface area contributed by atoms with Gasteiger partial charge in [-0.05, 0) is 26.3 Å². The molecule has 1 aliphatic heterocycles. The van der Waals surface area contributed by atoms with Gasteiger partial charge in [-0.3, -0.25) is 14.8 Å². The summed E-state index contributed by atoms with van der Waals surface area (Å²) in [5, 5.41) is 18.6. The average molecular weight is 253 g/mol. The Morgan fingerprint density at radius 1 is 1.72 bits per heavy atom. The molecule has 1 aliphatic rings. The first-order chi connectivity index (χ1) is 8.61. The molecule has 1 saturated heterocycles. The highest BCUT2D eigenvalue weighted by atomic mass is 16.6. The number of aromatic nitrogens is 2. The molecular formula is C11H19N5O2. The summed E-state index contributed by atoms with van der Waals surface area (Å²) in [6.45, 7) is 4.52. The molecular weight excluding hydrogens is 234 g/mol. The lowest BCUT2D eigenvalue weighted by Crippen LogP contribution is -2.38. The molecule has 1 aromatic heterocycles. The minimum absolute atomic E-state index is 0.0809. The number of likely N-dealkylation sites (N-methyl/N-ethyl adjacent to an activating group) is 1. The van der Waals surface area contributed by atoms with Gasteiger partial charge in [-0.1, -0.05) is 0 Å². The van der Waals surface area contributed by atoms with Gasteiger partial charge in [-0.2, -0.15) is 0 Å². The lowest BCUT2D eigenvalue weighted by atomic mass is 10.2. The van der Waals surface area contributed by atoms with E-state index in [-0.39, 0.29) is 10.6 Å². The first kappa shape index (κ1) is 12.8. The Balaban J connectivity index is 2.17. The second-order valence-electron chi connectivity index (χ2n) is 4.60. The van der Waals surface area contributed by atoms with Crippen molar-refractivity contribution in [2.45, 2.75) is 25.8 Å². The third-order valence-corrected chi connectivity index (χ3v) is 3.27. The maximum absolute atomic E-state index is 11.0. The van der Waals surface area contributed by atoms with Gasteiger partial charge in [0.1, 0.15) is 6.20 Å². The molecule has 0 aromatic carbocycles. The molecule has 7 nitrogen and oxygen atoms in total. The Morgan fingerprint density at radius 3 is 3.06 bits per heavy atom. The van der Waals surface area contributed by atoms with Crippen LogP contribution in [0.15, 0.2) is 6.20 Å². The quantitative estimate of drug-likeness (QED) is 0.623. The van der Waals surface area contributed by atoms with E-state index in [0.29, 0.717) is 11.9 Å². The van der Waals surface area contributed by atoms with Crippen LogP contribution in [0.1, 0.15) is 19.8 Å². The third-order valence-electron chi connectivity index (χ3n) is 3.27. The van der Waals surface area contributed by atoms with Gasteiger partial charge < -0.3 is 10.2 Å². The lowest BCUT2D eigenvalue weighted by Gasteiger charge is -2.23. The van der Waals surface area contributed by atoms with E-state index < -0.39 is 0 Å². The average Bonchev–Trinajstić information content (AvgIpc) is 2.94.